The van der Waals surface area contributed by atoms with Crippen molar-refractivity contribution in [2.45, 2.75) is 6.54 Å². The Bertz CT molecular complexity index is 908. The summed E-state index contributed by atoms with van der Waals surface area (Å²) in [6, 6.07) is 10.6. The molecule has 1 amide bonds. The van der Waals surface area contributed by atoms with Crippen LogP contribution in [0.4, 0.5) is 4.39 Å². The number of nitrogens with zero attached hydrogens (tertiary/aromatic N) is 3. The van der Waals surface area contributed by atoms with Crippen LogP contribution in [-0.2, 0) is 6.54 Å². The van der Waals surface area contributed by atoms with Crippen molar-refractivity contribution >= 4 is 27.5 Å². The number of hydrogen-bond donors (Lipinski definition) is 0. The number of rotatable bonds is 3. The summed E-state index contributed by atoms with van der Waals surface area (Å²) in [5, 5.41) is 2.02. The SMILES string of the molecule is CN1CCN(C(=O)c2cc3sccc3n2Cc2cccc(F)c2)CC1. The average molecular weight is 357 g/mol. The number of likely N-dealkylation sites (N-methyl/N-ethyl adjacent to an activating group) is 1. The summed E-state index contributed by atoms with van der Waals surface area (Å²) in [5.41, 5.74) is 2.58. The van der Waals surface area contributed by atoms with Crippen LogP contribution in [0.15, 0.2) is 41.8 Å². The number of piperazine rings is 1. The molecule has 6 heteroatoms. The fourth-order valence-electron chi connectivity index (χ4n) is 3.31. The van der Waals surface area contributed by atoms with Crippen molar-refractivity contribution in [2.75, 3.05) is 33.2 Å². The Balaban J connectivity index is 1.69. The lowest BCUT2D eigenvalue weighted by Crippen LogP contribution is -2.47. The molecule has 0 bridgehead atoms. The van der Waals surface area contributed by atoms with E-state index in [1.165, 1.54) is 12.1 Å². The van der Waals surface area contributed by atoms with E-state index in [1.54, 1.807) is 17.4 Å². The van der Waals surface area contributed by atoms with Gasteiger partial charge in [-0.2, -0.15) is 0 Å². The monoisotopic (exact) mass is 357 g/mol. The summed E-state index contributed by atoms with van der Waals surface area (Å²) < 4.78 is 16.7. The first-order valence-corrected chi connectivity index (χ1v) is 9.29. The molecule has 0 unspecified atom stereocenters. The molecular formula is C19H20FN3OS. The van der Waals surface area contributed by atoms with Gasteiger partial charge in [-0.1, -0.05) is 12.1 Å². The minimum Gasteiger partial charge on any atom is -0.335 e. The lowest BCUT2D eigenvalue weighted by molar-refractivity contribution is 0.0654. The van der Waals surface area contributed by atoms with Crippen LogP contribution in [0.25, 0.3) is 10.2 Å². The van der Waals surface area contributed by atoms with Crippen molar-refractivity contribution < 1.29 is 9.18 Å². The van der Waals surface area contributed by atoms with Crippen molar-refractivity contribution in [3.05, 3.63) is 58.9 Å². The Morgan fingerprint density at radius 2 is 1.96 bits per heavy atom. The number of hydrogen-bond acceptors (Lipinski definition) is 3. The number of carbonyl (C=O) groups excluding carboxylic acids is 1. The Labute approximate surface area is 150 Å². The van der Waals surface area contributed by atoms with Gasteiger partial charge in [0.05, 0.1) is 10.2 Å². The zero-order valence-electron chi connectivity index (χ0n) is 14.1. The third kappa shape index (κ3) is 3.19. The van der Waals surface area contributed by atoms with Gasteiger partial charge < -0.3 is 14.4 Å². The Hall–Kier alpha value is -2.18. The van der Waals surface area contributed by atoms with E-state index in [2.05, 4.69) is 11.9 Å². The van der Waals surface area contributed by atoms with Crippen LogP contribution in [0.5, 0.6) is 0 Å². The molecular weight excluding hydrogens is 337 g/mol. The van der Waals surface area contributed by atoms with Crippen molar-refractivity contribution in [2.24, 2.45) is 0 Å². The minimum atomic E-state index is -0.252. The van der Waals surface area contributed by atoms with Crippen LogP contribution in [0, 0.1) is 5.82 Å². The second-order valence-electron chi connectivity index (χ2n) is 6.51. The van der Waals surface area contributed by atoms with Gasteiger partial charge in [0.1, 0.15) is 11.5 Å². The first-order valence-electron chi connectivity index (χ1n) is 8.41. The molecule has 0 saturated carbocycles. The van der Waals surface area contributed by atoms with Crippen LogP contribution < -0.4 is 0 Å². The molecule has 25 heavy (non-hydrogen) atoms. The number of carbonyl (C=O) groups is 1. The second-order valence-corrected chi connectivity index (χ2v) is 7.46. The lowest BCUT2D eigenvalue weighted by atomic mass is 10.2. The summed E-state index contributed by atoms with van der Waals surface area (Å²) in [7, 11) is 2.07. The molecule has 3 heterocycles. The Morgan fingerprint density at radius 1 is 1.16 bits per heavy atom. The van der Waals surface area contributed by atoms with Crippen LogP contribution in [-0.4, -0.2) is 53.5 Å². The third-order valence-electron chi connectivity index (χ3n) is 4.76. The van der Waals surface area contributed by atoms with E-state index < -0.39 is 0 Å². The first-order chi connectivity index (χ1) is 12.1. The van der Waals surface area contributed by atoms with Crippen molar-refractivity contribution in [1.29, 1.82) is 0 Å². The van der Waals surface area contributed by atoms with Gasteiger partial charge >= 0.3 is 0 Å². The highest BCUT2D eigenvalue weighted by atomic mass is 32.1. The van der Waals surface area contributed by atoms with Gasteiger partial charge in [0.2, 0.25) is 0 Å². The summed E-state index contributed by atoms with van der Waals surface area (Å²) in [6.45, 7) is 3.77. The first kappa shape index (κ1) is 16.3. The van der Waals surface area contributed by atoms with E-state index in [-0.39, 0.29) is 11.7 Å². The highest BCUT2D eigenvalue weighted by molar-refractivity contribution is 7.17. The van der Waals surface area contributed by atoms with E-state index >= 15 is 0 Å². The molecule has 0 N–H and O–H groups in total. The quantitative estimate of drug-likeness (QED) is 0.720. The summed E-state index contributed by atoms with van der Waals surface area (Å²) in [4.78, 5) is 17.2. The maximum absolute atomic E-state index is 13.5. The zero-order chi connectivity index (χ0) is 17.4. The van der Waals surface area contributed by atoms with Gasteiger partial charge in [-0.3, -0.25) is 4.79 Å². The minimum absolute atomic E-state index is 0.0629. The highest BCUT2D eigenvalue weighted by Gasteiger charge is 2.24. The second kappa shape index (κ2) is 6.61. The molecule has 130 valence electrons. The fraction of sp³-hybridized carbons (Fsp3) is 0.316. The maximum atomic E-state index is 13.5. The predicted octanol–water partition coefficient (Wildman–Crippen LogP) is 3.28. The van der Waals surface area contributed by atoms with E-state index in [9.17, 15) is 9.18 Å². The molecule has 1 aliphatic rings. The normalized spacial score (nSPS) is 15.8. The van der Waals surface area contributed by atoms with E-state index in [0.29, 0.717) is 12.2 Å². The third-order valence-corrected chi connectivity index (χ3v) is 5.62. The lowest BCUT2D eigenvalue weighted by Gasteiger charge is -2.32. The van der Waals surface area contributed by atoms with Crippen LogP contribution in [0.1, 0.15) is 16.1 Å². The van der Waals surface area contributed by atoms with Crippen molar-refractivity contribution in [3.63, 3.8) is 0 Å². The number of thiophene rings is 1. The molecule has 3 aromatic rings. The van der Waals surface area contributed by atoms with Gasteiger partial charge in [0, 0.05) is 32.7 Å². The smallest absolute Gasteiger partial charge is 0.270 e. The number of aromatic nitrogens is 1. The molecule has 4 rings (SSSR count). The molecule has 1 aliphatic heterocycles. The number of benzene rings is 1. The van der Waals surface area contributed by atoms with Gasteiger partial charge in [0.25, 0.3) is 5.91 Å². The Morgan fingerprint density at radius 3 is 2.72 bits per heavy atom. The number of halogens is 1. The van der Waals surface area contributed by atoms with Gasteiger partial charge in [-0.15, -0.1) is 11.3 Å². The van der Waals surface area contributed by atoms with Crippen LogP contribution in [0.3, 0.4) is 0 Å². The van der Waals surface area contributed by atoms with Gasteiger partial charge in [-0.05, 0) is 42.3 Å². The molecule has 1 fully saturated rings. The number of amides is 1. The standard InChI is InChI=1S/C19H20FN3OS/c1-21-6-8-22(9-7-21)19(24)17-12-18-16(5-10-25-18)23(17)13-14-3-2-4-15(20)11-14/h2-5,10-12H,6-9,13H2,1H3. The van der Waals surface area contributed by atoms with E-state index in [4.69, 9.17) is 0 Å². The summed E-state index contributed by atoms with van der Waals surface area (Å²) in [5.74, 6) is -0.189. The molecule has 4 nitrogen and oxygen atoms in total. The topological polar surface area (TPSA) is 28.5 Å². The van der Waals surface area contributed by atoms with Crippen molar-refractivity contribution in [3.8, 4) is 0 Å². The van der Waals surface area contributed by atoms with E-state index in [1.807, 2.05) is 33.0 Å². The summed E-state index contributed by atoms with van der Waals surface area (Å²) in [6.07, 6.45) is 0. The largest absolute Gasteiger partial charge is 0.335 e. The molecule has 0 atom stereocenters. The fourth-order valence-corrected chi connectivity index (χ4v) is 4.14. The molecule has 2 aromatic heterocycles. The number of fused-ring (bicyclic) bond motifs is 1. The zero-order valence-corrected chi connectivity index (χ0v) is 14.9. The maximum Gasteiger partial charge on any atom is 0.270 e. The van der Waals surface area contributed by atoms with Gasteiger partial charge in [-0.25, -0.2) is 4.39 Å². The van der Waals surface area contributed by atoms with Crippen molar-refractivity contribution in [1.82, 2.24) is 14.4 Å². The van der Waals surface area contributed by atoms with Crippen LogP contribution in [0.2, 0.25) is 0 Å². The van der Waals surface area contributed by atoms with Gasteiger partial charge in [0.15, 0.2) is 0 Å². The highest BCUT2D eigenvalue weighted by Crippen LogP contribution is 2.27. The molecule has 0 radical (unpaired) electrons. The van der Waals surface area contributed by atoms with Crippen LogP contribution >= 0.6 is 11.3 Å². The molecule has 0 spiro atoms. The Kier molecular flexibility index (Phi) is 4.31. The average Bonchev–Trinajstić information content (AvgIpc) is 3.18. The molecule has 1 saturated heterocycles. The summed E-state index contributed by atoms with van der Waals surface area (Å²) >= 11 is 1.63. The molecule has 1 aromatic carbocycles. The predicted molar refractivity (Wildman–Crippen MR) is 98.7 cm³/mol. The molecule has 0 aliphatic carbocycles. The van der Waals surface area contributed by atoms with E-state index in [0.717, 1.165) is 42.0 Å².